The summed E-state index contributed by atoms with van der Waals surface area (Å²) >= 11 is 1.49. The van der Waals surface area contributed by atoms with Gasteiger partial charge >= 0.3 is 6.03 Å². The molecule has 0 unspecified atom stereocenters. The molecule has 2 aromatic heterocycles. The summed E-state index contributed by atoms with van der Waals surface area (Å²) in [6.45, 7) is 2.59. The summed E-state index contributed by atoms with van der Waals surface area (Å²) in [5.74, 6) is -0.320. The first-order chi connectivity index (χ1) is 13.2. The van der Waals surface area contributed by atoms with Gasteiger partial charge in [0.1, 0.15) is 11.3 Å². The number of rotatable bonds is 7. The van der Waals surface area contributed by atoms with Crippen LogP contribution >= 0.6 is 11.3 Å². The number of unbranched alkanes of at least 4 members (excludes halogenated alkanes) is 1. The van der Waals surface area contributed by atoms with Crippen LogP contribution in [0, 0.1) is 0 Å². The molecule has 0 aliphatic carbocycles. The zero-order valence-corrected chi connectivity index (χ0v) is 15.6. The molecule has 0 aliphatic rings. The van der Waals surface area contributed by atoms with E-state index in [9.17, 15) is 9.59 Å². The van der Waals surface area contributed by atoms with E-state index in [2.05, 4.69) is 21.1 Å². The number of para-hydroxylation sites is 1. The Morgan fingerprint density at radius 1 is 1.15 bits per heavy atom. The summed E-state index contributed by atoms with van der Waals surface area (Å²) in [6.07, 6.45) is 1.83. The molecule has 8 heteroatoms. The summed E-state index contributed by atoms with van der Waals surface area (Å²) < 4.78 is 5.28. The van der Waals surface area contributed by atoms with Crippen LogP contribution in [-0.4, -0.2) is 23.6 Å². The third-order valence-electron chi connectivity index (χ3n) is 3.79. The molecule has 0 bridgehead atoms. The number of amides is 3. The molecule has 3 rings (SSSR count). The first-order valence-corrected chi connectivity index (χ1v) is 9.56. The maximum Gasteiger partial charge on any atom is 0.326 e. The first-order valence-electron chi connectivity index (χ1n) is 8.62. The van der Waals surface area contributed by atoms with Crippen LogP contribution in [-0.2, 0) is 0 Å². The zero-order valence-electron chi connectivity index (χ0n) is 14.8. The van der Waals surface area contributed by atoms with Crippen LogP contribution in [0.3, 0.4) is 0 Å². The minimum absolute atomic E-state index is 0.0126. The van der Waals surface area contributed by atoms with Gasteiger partial charge in [-0.25, -0.2) is 4.79 Å². The molecule has 0 saturated carbocycles. The molecule has 3 amide bonds. The van der Waals surface area contributed by atoms with E-state index >= 15 is 0 Å². The highest BCUT2D eigenvalue weighted by Crippen LogP contribution is 2.30. The minimum Gasteiger partial charge on any atom is -0.352 e. The maximum absolute atomic E-state index is 12.7. The molecule has 1 aromatic carbocycles. The topological polar surface area (TPSA) is 96.3 Å². The van der Waals surface area contributed by atoms with Gasteiger partial charge in [0.15, 0.2) is 0 Å². The first kappa shape index (κ1) is 18.7. The molecule has 0 spiro atoms. The Morgan fingerprint density at radius 2 is 1.96 bits per heavy atom. The van der Waals surface area contributed by atoms with Gasteiger partial charge < -0.3 is 15.2 Å². The third-order valence-corrected chi connectivity index (χ3v) is 4.47. The van der Waals surface area contributed by atoms with Crippen molar-refractivity contribution < 1.29 is 14.1 Å². The SMILES string of the molecule is CCCCNC(=O)c1c(-c2ccsc2)noc1NC(=O)Nc1ccccc1. The van der Waals surface area contributed by atoms with Crippen LogP contribution in [0.25, 0.3) is 11.3 Å². The molecular formula is C19H20N4O3S. The Kier molecular flexibility index (Phi) is 6.22. The number of benzene rings is 1. The van der Waals surface area contributed by atoms with Gasteiger partial charge in [-0.2, -0.15) is 11.3 Å². The molecule has 140 valence electrons. The molecule has 2 heterocycles. The summed E-state index contributed by atoms with van der Waals surface area (Å²) in [5.41, 5.74) is 2.01. The minimum atomic E-state index is -0.517. The van der Waals surface area contributed by atoms with Gasteiger partial charge in [-0.1, -0.05) is 36.7 Å². The van der Waals surface area contributed by atoms with Crippen molar-refractivity contribution in [2.45, 2.75) is 19.8 Å². The Bertz CT molecular complexity index is 891. The molecule has 3 N–H and O–H groups in total. The van der Waals surface area contributed by atoms with E-state index in [1.165, 1.54) is 11.3 Å². The Morgan fingerprint density at radius 3 is 2.67 bits per heavy atom. The van der Waals surface area contributed by atoms with Crippen LogP contribution in [0.1, 0.15) is 30.1 Å². The number of aromatic nitrogens is 1. The van der Waals surface area contributed by atoms with E-state index in [-0.39, 0.29) is 17.4 Å². The summed E-state index contributed by atoms with van der Waals surface area (Å²) in [4.78, 5) is 25.0. The van der Waals surface area contributed by atoms with Gasteiger partial charge in [-0.05, 0) is 30.0 Å². The van der Waals surface area contributed by atoms with Crippen LogP contribution < -0.4 is 16.0 Å². The predicted octanol–water partition coefficient (Wildman–Crippen LogP) is 4.58. The fourth-order valence-corrected chi connectivity index (χ4v) is 3.08. The lowest BCUT2D eigenvalue weighted by atomic mass is 10.1. The lowest BCUT2D eigenvalue weighted by molar-refractivity contribution is 0.0954. The molecule has 0 saturated heterocycles. The van der Waals surface area contributed by atoms with Crippen LogP contribution in [0.4, 0.5) is 16.4 Å². The van der Waals surface area contributed by atoms with Crippen molar-refractivity contribution in [2.75, 3.05) is 17.2 Å². The van der Waals surface area contributed by atoms with Crippen LogP contribution in [0.2, 0.25) is 0 Å². The number of nitrogens with one attached hydrogen (secondary N) is 3. The Balaban J connectivity index is 1.81. The van der Waals surface area contributed by atoms with Crippen molar-refractivity contribution in [1.82, 2.24) is 10.5 Å². The molecule has 0 radical (unpaired) electrons. The zero-order chi connectivity index (χ0) is 19.1. The predicted molar refractivity (Wildman–Crippen MR) is 106 cm³/mol. The molecular weight excluding hydrogens is 364 g/mol. The number of anilines is 2. The number of hydrogen-bond acceptors (Lipinski definition) is 5. The van der Waals surface area contributed by atoms with Crippen molar-refractivity contribution >= 4 is 34.8 Å². The van der Waals surface area contributed by atoms with Crippen LogP contribution in [0.5, 0.6) is 0 Å². The Hall–Kier alpha value is -3.13. The number of urea groups is 1. The molecule has 0 aliphatic heterocycles. The number of carbonyl (C=O) groups excluding carboxylic acids is 2. The van der Waals surface area contributed by atoms with Crippen LogP contribution in [0.15, 0.2) is 51.7 Å². The van der Waals surface area contributed by atoms with Crippen molar-refractivity contribution in [3.05, 3.63) is 52.7 Å². The molecule has 27 heavy (non-hydrogen) atoms. The third kappa shape index (κ3) is 4.73. The van der Waals surface area contributed by atoms with Gasteiger partial charge in [-0.15, -0.1) is 0 Å². The second kappa shape index (κ2) is 9.00. The maximum atomic E-state index is 12.7. The fraction of sp³-hybridized carbons (Fsp3) is 0.211. The summed E-state index contributed by atoms with van der Waals surface area (Å²) in [7, 11) is 0. The average Bonchev–Trinajstić information content (AvgIpc) is 3.32. The monoisotopic (exact) mass is 384 g/mol. The van der Waals surface area contributed by atoms with Gasteiger partial charge in [0.2, 0.25) is 5.88 Å². The quantitative estimate of drug-likeness (QED) is 0.520. The van der Waals surface area contributed by atoms with Gasteiger partial charge in [0, 0.05) is 23.2 Å². The second-order valence-corrected chi connectivity index (χ2v) is 6.58. The lowest BCUT2D eigenvalue weighted by Gasteiger charge is -2.08. The van der Waals surface area contributed by atoms with Crippen molar-refractivity contribution in [3.8, 4) is 11.3 Å². The smallest absolute Gasteiger partial charge is 0.326 e. The highest BCUT2D eigenvalue weighted by Gasteiger charge is 2.25. The molecule has 0 fully saturated rings. The second-order valence-electron chi connectivity index (χ2n) is 5.80. The molecule has 0 atom stereocenters. The Labute approximate surface area is 160 Å². The number of nitrogens with zero attached hydrogens (tertiary/aromatic N) is 1. The van der Waals surface area contributed by atoms with Gasteiger partial charge in [0.05, 0.1) is 0 Å². The van der Waals surface area contributed by atoms with E-state index in [1.54, 1.807) is 12.1 Å². The van der Waals surface area contributed by atoms with Gasteiger partial charge in [0.25, 0.3) is 5.91 Å². The van der Waals surface area contributed by atoms with E-state index in [1.807, 2.05) is 41.9 Å². The normalized spacial score (nSPS) is 10.4. The molecule has 3 aromatic rings. The fourth-order valence-electron chi connectivity index (χ4n) is 2.44. The highest BCUT2D eigenvalue weighted by atomic mass is 32.1. The largest absolute Gasteiger partial charge is 0.352 e. The summed E-state index contributed by atoms with van der Waals surface area (Å²) in [5, 5.41) is 15.9. The van der Waals surface area contributed by atoms with E-state index in [0.29, 0.717) is 17.9 Å². The van der Waals surface area contributed by atoms with E-state index in [0.717, 1.165) is 18.4 Å². The highest BCUT2D eigenvalue weighted by molar-refractivity contribution is 7.08. The number of hydrogen-bond donors (Lipinski definition) is 3. The van der Waals surface area contributed by atoms with E-state index in [4.69, 9.17) is 4.52 Å². The van der Waals surface area contributed by atoms with Crippen molar-refractivity contribution in [3.63, 3.8) is 0 Å². The standard InChI is InChI=1S/C19H20N4O3S/c1-2-3-10-20-17(24)15-16(13-9-11-27-12-13)23-26-18(15)22-19(25)21-14-7-5-4-6-8-14/h4-9,11-12H,2-3,10H2,1H3,(H,20,24)(H2,21,22,25). The van der Waals surface area contributed by atoms with Crippen molar-refractivity contribution in [1.29, 1.82) is 0 Å². The van der Waals surface area contributed by atoms with E-state index < -0.39 is 6.03 Å². The summed E-state index contributed by atoms with van der Waals surface area (Å²) in [6, 6.07) is 10.3. The lowest BCUT2D eigenvalue weighted by Crippen LogP contribution is -2.27. The number of carbonyl (C=O) groups is 2. The van der Waals surface area contributed by atoms with Gasteiger partial charge in [-0.3, -0.25) is 10.1 Å². The van der Waals surface area contributed by atoms with Crippen molar-refractivity contribution in [2.24, 2.45) is 0 Å². The molecule has 7 nitrogen and oxygen atoms in total. The average molecular weight is 384 g/mol. The number of thiophene rings is 1.